The van der Waals surface area contributed by atoms with E-state index >= 15 is 0 Å². The van der Waals surface area contributed by atoms with Crippen molar-refractivity contribution in [2.45, 2.75) is 0 Å². The summed E-state index contributed by atoms with van der Waals surface area (Å²) in [5.41, 5.74) is 2.05. The summed E-state index contributed by atoms with van der Waals surface area (Å²) in [5.74, 6) is 0. The molecule has 0 saturated heterocycles. The maximum atomic E-state index is 9.03. The molecule has 0 unspecified atom stereocenters. The summed E-state index contributed by atoms with van der Waals surface area (Å²) in [6.45, 7) is 0. The van der Waals surface area contributed by atoms with E-state index in [1.807, 2.05) is 12.1 Å². The van der Waals surface area contributed by atoms with E-state index < -0.39 is 0 Å². The Morgan fingerprint density at radius 3 is 2.50 bits per heavy atom. The molecule has 5 heteroatoms. The van der Waals surface area contributed by atoms with Crippen molar-refractivity contribution in [2.24, 2.45) is 0 Å². The van der Waals surface area contributed by atoms with Crippen molar-refractivity contribution in [2.75, 3.05) is 5.32 Å². The number of nitrogens with one attached hydrogen (secondary N) is 1. The molecular formula is C13H7BrCl2N2. The first-order chi connectivity index (χ1) is 8.60. The lowest BCUT2D eigenvalue weighted by atomic mass is 10.2. The Hall–Kier alpha value is -1.21. The number of benzene rings is 2. The van der Waals surface area contributed by atoms with Crippen molar-refractivity contribution in [1.29, 1.82) is 5.26 Å². The molecule has 2 nitrogen and oxygen atoms in total. The van der Waals surface area contributed by atoms with Crippen LogP contribution in [0.3, 0.4) is 0 Å². The Kier molecular flexibility index (Phi) is 4.13. The predicted octanol–water partition coefficient (Wildman–Crippen LogP) is 5.37. The van der Waals surface area contributed by atoms with Crippen LogP contribution in [0.25, 0.3) is 0 Å². The van der Waals surface area contributed by atoms with Gasteiger partial charge in [0, 0.05) is 10.2 Å². The molecule has 0 radical (unpaired) electrons. The lowest BCUT2D eigenvalue weighted by molar-refractivity contribution is 1.45. The zero-order valence-corrected chi connectivity index (χ0v) is 12.1. The first-order valence-electron chi connectivity index (χ1n) is 5.02. The van der Waals surface area contributed by atoms with Crippen LogP contribution in [0.5, 0.6) is 0 Å². The second-order valence-corrected chi connectivity index (χ2v) is 5.29. The Bertz CT molecular complexity index is 635. The van der Waals surface area contributed by atoms with E-state index in [0.717, 1.165) is 10.2 Å². The highest BCUT2D eigenvalue weighted by atomic mass is 79.9. The highest BCUT2D eigenvalue weighted by molar-refractivity contribution is 9.10. The third kappa shape index (κ3) is 2.97. The van der Waals surface area contributed by atoms with Crippen LogP contribution in [0.2, 0.25) is 10.0 Å². The second kappa shape index (κ2) is 5.62. The molecule has 0 aromatic heterocycles. The quantitative estimate of drug-likeness (QED) is 0.796. The minimum Gasteiger partial charge on any atom is -0.354 e. The Morgan fingerprint density at radius 1 is 1.06 bits per heavy atom. The van der Waals surface area contributed by atoms with Gasteiger partial charge >= 0.3 is 0 Å². The van der Waals surface area contributed by atoms with Crippen molar-refractivity contribution in [1.82, 2.24) is 0 Å². The molecule has 0 spiro atoms. The molecule has 0 saturated carbocycles. The fourth-order valence-corrected chi connectivity index (χ4v) is 2.11. The number of nitrogens with zero attached hydrogens (tertiary/aromatic N) is 1. The second-order valence-electron chi connectivity index (χ2n) is 3.56. The van der Waals surface area contributed by atoms with Gasteiger partial charge in [0.2, 0.25) is 0 Å². The molecule has 1 N–H and O–H groups in total. The molecule has 0 aliphatic carbocycles. The molecule has 2 aromatic carbocycles. The standard InChI is InChI=1S/C13H7BrCl2N2/c14-9-2-1-8(7-17)13(5-9)18-10-3-4-11(15)12(16)6-10/h1-6,18H. The topological polar surface area (TPSA) is 35.8 Å². The van der Waals surface area contributed by atoms with Crippen LogP contribution in [0.1, 0.15) is 5.56 Å². The summed E-state index contributed by atoms with van der Waals surface area (Å²) in [4.78, 5) is 0. The number of hydrogen-bond donors (Lipinski definition) is 1. The van der Waals surface area contributed by atoms with E-state index in [1.165, 1.54) is 0 Å². The van der Waals surface area contributed by atoms with E-state index in [2.05, 4.69) is 27.3 Å². The summed E-state index contributed by atoms with van der Waals surface area (Å²) >= 11 is 15.2. The molecule has 0 aliphatic rings. The van der Waals surface area contributed by atoms with Crippen LogP contribution >= 0.6 is 39.1 Å². The molecule has 0 heterocycles. The zero-order valence-electron chi connectivity index (χ0n) is 9.05. The minimum absolute atomic E-state index is 0.468. The van der Waals surface area contributed by atoms with Gasteiger partial charge in [-0.25, -0.2) is 0 Å². The third-order valence-corrected chi connectivity index (χ3v) is 3.53. The van der Waals surface area contributed by atoms with Gasteiger partial charge in [-0.05, 0) is 36.4 Å². The summed E-state index contributed by atoms with van der Waals surface area (Å²) in [7, 11) is 0. The molecule has 18 heavy (non-hydrogen) atoms. The Balaban J connectivity index is 2.36. The number of hydrogen-bond acceptors (Lipinski definition) is 2. The van der Waals surface area contributed by atoms with E-state index in [0.29, 0.717) is 21.3 Å². The molecule has 0 bridgehead atoms. The summed E-state index contributed by atoms with van der Waals surface area (Å²) < 4.78 is 0.893. The van der Waals surface area contributed by atoms with Gasteiger partial charge in [-0.2, -0.15) is 5.26 Å². The van der Waals surface area contributed by atoms with Gasteiger partial charge in [-0.15, -0.1) is 0 Å². The molecule has 0 amide bonds. The number of anilines is 2. The van der Waals surface area contributed by atoms with Crippen LogP contribution in [-0.2, 0) is 0 Å². The summed E-state index contributed by atoms with van der Waals surface area (Å²) in [6, 6.07) is 12.7. The summed E-state index contributed by atoms with van der Waals surface area (Å²) in [6.07, 6.45) is 0. The number of nitriles is 1. The average molecular weight is 342 g/mol. The SMILES string of the molecule is N#Cc1ccc(Br)cc1Nc1ccc(Cl)c(Cl)c1. The van der Waals surface area contributed by atoms with Gasteiger partial charge < -0.3 is 5.32 Å². The Morgan fingerprint density at radius 2 is 1.83 bits per heavy atom. The smallest absolute Gasteiger partial charge is 0.101 e. The molecule has 90 valence electrons. The first kappa shape index (κ1) is 13.2. The molecular weight excluding hydrogens is 335 g/mol. The first-order valence-corrected chi connectivity index (χ1v) is 6.57. The maximum absolute atomic E-state index is 9.03. The Labute approximate surface area is 123 Å². The highest BCUT2D eigenvalue weighted by Gasteiger charge is 2.05. The van der Waals surface area contributed by atoms with Crippen molar-refractivity contribution in [3.63, 3.8) is 0 Å². The molecule has 2 aromatic rings. The molecule has 0 atom stereocenters. The zero-order chi connectivity index (χ0) is 13.1. The molecule has 2 rings (SSSR count). The fraction of sp³-hybridized carbons (Fsp3) is 0. The molecule has 0 aliphatic heterocycles. The van der Waals surface area contributed by atoms with Gasteiger partial charge in [0.25, 0.3) is 0 Å². The normalized spacial score (nSPS) is 9.89. The van der Waals surface area contributed by atoms with E-state index in [4.69, 9.17) is 28.5 Å². The van der Waals surface area contributed by atoms with Crippen LogP contribution in [-0.4, -0.2) is 0 Å². The van der Waals surface area contributed by atoms with Crippen molar-refractivity contribution < 1.29 is 0 Å². The average Bonchev–Trinajstić information content (AvgIpc) is 2.34. The van der Waals surface area contributed by atoms with Gasteiger partial charge in [0.15, 0.2) is 0 Å². The summed E-state index contributed by atoms with van der Waals surface area (Å²) in [5, 5.41) is 13.1. The van der Waals surface area contributed by atoms with Gasteiger partial charge in [-0.1, -0.05) is 39.1 Å². The van der Waals surface area contributed by atoms with Gasteiger partial charge in [0.05, 0.1) is 21.3 Å². The molecule has 0 fully saturated rings. The van der Waals surface area contributed by atoms with Gasteiger partial charge in [-0.3, -0.25) is 0 Å². The van der Waals surface area contributed by atoms with Crippen molar-refractivity contribution in [3.8, 4) is 6.07 Å². The highest BCUT2D eigenvalue weighted by Crippen LogP contribution is 2.29. The monoisotopic (exact) mass is 340 g/mol. The van der Waals surface area contributed by atoms with E-state index in [-0.39, 0.29) is 0 Å². The minimum atomic E-state index is 0.468. The van der Waals surface area contributed by atoms with Crippen LogP contribution < -0.4 is 5.32 Å². The van der Waals surface area contributed by atoms with E-state index in [1.54, 1.807) is 24.3 Å². The lowest BCUT2D eigenvalue weighted by Crippen LogP contribution is -1.93. The van der Waals surface area contributed by atoms with Crippen LogP contribution in [0, 0.1) is 11.3 Å². The maximum Gasteiger partial charge on any atom is 0.101 e. The van der Waals surface area contributed by atoms with Crippen LogP contribution in [0.15, 0.2) is 40.9 Å². The van der Waals surface area contributed by atoms with Crippen molar-refractivity contribution in [3.05, 3.63) is 56.5 Å². The van der Waals surface area contributed by atoms with Crippen molar-refractivity contribution >= 4 is 50.5 Å². The lowest BCUT2D eigenvalue weighted by Gasteiger charge is -2.09. The largest absolute Gasteiger partial charge is 0.354 e. The van der Waals surface area contributed by atoms with Crippen LogP contribution in [0.4, 0.5) is 11.4 Å². The fourth-order valence-electron chi connectivity index (χ4n) is 1.45. The van der Waals surface area contributed by atoms with E-state index in [9.17, 15) is 0 Å². The third-order valence-electron chi connectivity index (χ3n) is 2.30. The predicted molar refractivity (Wildman–Crippen MR) is 78.6 cm³/mol. The number of rotatable bonds is 2. The number of halogens is 3. The van der Waals surface area contributed by atoms with Gasteiger partial charge in [0.1, 0.15) is 6.07 Å².